The van der Waals surface area contributed by atoms with E-state index in [1.54, 1.807) is 0 Å². The third-order valence-corrected chi connectivity index (χ3v) is 5.50. The molecule has 146 valence electrons. The van der Waals surface area contributed by atoms with E-state index in [-0.39, 0.29) is 11.8 Å². The topological polar surface area (TPSA) is 46.6 Å². The van der Waals surface area contributed by atoms with Gasteiger partial charge in [0.05, 0.1) is 22.8 Å². The van der Waals surface area contributed by atoms with Crippen molar-refractivity contribution in [1.82, 2.24) is 0 Å². The van der Waals surface area contributed by atoms with Gasteiger partial charge in [-0.2, -0.15) is 0 Å². The highest BCUT2D eigenvalue weighted by Crippen LogP contribution is 2.39. The Labute approximate surface area is 170 Å². The molecule has 0 radical (unpaired) electrons. The molecule has 1 aliphatic heterocycles. The van der Waals surface area contributed by atoms with E-state index in [0.717, 1.165) is 34.6 Å². The van der Waals surface area contributed by atoms with Gasteiger partial charge in [0.25, 0.3) is 11.8 Å². The van der Waals surface area contributed by atoms with Crippen molar-refractivity contribution in [3.63, 3.8) is 0 Å². The first-order valence-corrected chi connectivity index (χ1v) is 10.5. The summed E-state index contributed by atoms with van der Waals surface area (Å²) in [5, 5.41) is 0. The van der Waals surface area contributed by atoms with E-state index in [1.807, 2.05) is 63.2 Å². The Morgan fingerprint density at radius 1 is 0.964 bits per heavy atom. The first kappa shape index (κ1) is 20.2. The summed E-state index contributed by atoms with van der Waals surface area (Å²) in [6.07, 6.45) is 0.933. The van der Waals surface area contributed by atoms with Crippen LogP contribution in [0.1, 0.15) is 37.0 Å². The molecule has 0 saturated heterocycles. The van der Waals surface area contributed by atoms with Crippen LogP contribution in [0.5, 0.6) is 5.75 Å². The van der Waals surface area contributed by atoms with Crippen molar-refractivity contribution in [2.24, 2.45) is 0 Å². The first-order valence-electron chi connectivity index (χ1n) is 9.54. The Kier molecular flexibility index (Phi) is 6.25. The van der Waals surface area contributed by atoms with E-state index in [0.29, 0.717) is 22.8 Å². The van der Waals surface area contributed by atoms with Crippen molar-refractivity contribution in [2.75, 3.05) is 17.3 Å². The second-order valence-corrected chi connectivity index (χ2v) is 8.02. The molecule has 2 aromatic rings. The Morgan fingerprint density at radius 2 is 1.68 bits per heavy atom. The van der Waals surface area contributed by atoms with E-state index in [9.17, 15) is 9.59 Å². The summed E-state index contributed by atoms with van der Waals surface area (Å²) in [4.78, 5) is 28.3. The first-order chi connectivity index (χ1) is 13.5. The van der Waals surface area contributed by atoms with E-state index in [1.165, 1.54) is 16.7 Å². The maximum atomic E-state index is 13.3. The fourth-order valence-electron chi connectivity index (χ4n) is 3.26. The Hall–Kier alpha value is -2.53. The van der Waals surface area contributed by atoms with E-state index in [4.69, 9.17) is 4.74 Å². The fraction of sp³-hybridized carbons (Fsp3) is 0.304. The normalized spacial score (nSPS) is 14.2. The van der Waals surface area contributed by atoms with Gasteiger partial charge in [-0.1, -0.05) is 43.7 Å². The number of rotatable bonds is 7. The molecule has 28 heavy (non-hydrogen) atoms. The molecule has 3 rings (SSSR count). The van der Waals surface area contributed by atoms with E-state index >= 15 is 0 Å². The maximum absolute atomic E-state index is 13.3. The minimum Gasteiger partial charge on any atom is -0.494 e. The molecule has 0 unspecified atom stereocenters. The van der Waals surface area contributed by atoms with Crippen LogP contribution in [0, 0.1) is 13.8 Å². The molecule has 1 aliphatic rings. The number of benzene rings is 2. The van der Waals surface area contributed by atoms with Crippen LogP contribution in [0.25, 0.3) is 5.57 Å². The molecular weight excluding hydrogens is 370 g/mol. The average Bonchev–Trinajstić information content (AvgIpc) is 2.91. The van der Waals surface area contributed by atoms with Crippen molar-refractivity contribution in [3.05, 3.63) is 64.1 Å². The van der Waals surface area contributed by atoms with Crippen LogP contribution < -0.4 is 9.64 Å². The van der Waals surface area contributed by atoms with Gasteiger partial charge in [0, 0.05) is 0 Å². The van der Waals surface area contributed by atoms with E-state index < -0.39 is 0 Å². The Bertz CT molecular complexity index is 931. The fourth-order valence-corrected chi connectivity index (χ4v) is 4.11. The van der Waals surface area contributed by atoms with Gasteiger partial charge in [0.1, 0.15) is 5.75 Å². The lowest BCUT2D eigenvalue weighted by Crippen LogP contribution is -2.32. The maximum Gasteiger partial charge on any atom is 0.272 e. The molecule has 2 amide bonds. The van der Waals surface area contributed by atoms with Crippen LogP contribution in [0.2, 0.25) is 0 Å². The van der Waals surface area contributed by atoms with Gasteiger partial charge in [0.15, 0.2) is 0 Å². The number of hydrogen-bond donors (Lipinski definition) is 0. The molecule has 0 saturated carbocycles. The van der Waals surface area contributed by atoms with E-state index in [2.05, 4.69) is 6.92 Å². The zero-order chi connectivity index (χ0) is 20.3. The lowest BCUT2D eigenvalue weighted by Gasteiger charge is -2.18. The second-order valence-electron chi connectivity index (χ2n) is 6.75. The lowest BCUT2D eigenvalue weighted by molar-refractivity contribution is -0.119. The monoisotopic (exact) mass is 395 g/mol. The number of ether oxygens (including phenoxy) is 1. The van der Waals surface area contributed by atoms with Crippen LogP contribution in [0.15, 0.2) is 47.4 Å². The summed E-state index contributed by atoms with van der Waals surface area (Å²) in [6.45, 7) is 8.60. The molecule has 0 spiro atoms. The van der Waals surface area contributed by atoms with Crippen LogP contribution in [-0.2, 0) is 9.59 Å². The van der Waals surface area contributed by atoms with Crippen molar-refractivity contribution in [2.45, 2.75) is 34.1 Å². The Morgan fingerprint density at radius 3 is 2.29 bits per heavy atom. The summed E-state index contributed by atoms with van der Waals surface area (Å²) in [7, 11) is 0. The largest absolute Gasteiger partial charge is 0.494 e. The van der Waals surface area contributed by atoms with Crippen LogP contribution in [-0.4, -0.2) is 24.2 Å². The number of amides is 2. The van der Waals surface area contributed by atoms with Crippen LogP contribution in [0.4, 0.5) is 5.69 Å². The quantitative estimate of drug-likeness (QED) is 0.610. The molecule has 5 heteroatoms. The van der Waals surface area contributed by atoms with Crippen molar-refractivity contribution in [1.29, 1.82) is 0 Å². The number of nitrogens with zero attached hydrogens (tertiary/aromatic N) is 1. The molecule has 0 fully saturated rings. The molecule has 1 heterocycles. The molecule has 2 aromatic carbocycles. The third kappa shape index (κ3) is 3.85. The summed E-state index contributed by atoms with van der Waals surface area (Å²) < 4.78 is 5.63. The smallest absolute Gasteiger partial charge is 0.272 e. The Balaban J connectivity index is 2.00. The average molecular weight is 396 g/mol. The second kappa shape index (κ2) is 8.65. The van der Waals surface area contributed by atoms with Crippen molar-refractivity contribution in [3.8, 4) is 5.75 Å². The predicted octanol–water partition coefficient (Wildman–Crippen LogP) is 5.13. The number of carbonyl (C=O) groups excluding carboxylic acids is 2. The molecule has 4 nitrogen and oxygen atoms in total. The molecule has 0 N–H and O–H groups in total. The highest BCUT2D eigenvalue weighted by Gasteiger charge is 2.40. The lowest BCUT2D eigenvalue weighted by atomic mass is 10.1. The van der Waals surface area contributed by atoms with Crippen LogP contribution in [0.3, 0.4) is 0 Å². The number of anilines is 1. The summed E-state index contributed by atoms with van der Waals surface area (Å²) in [5.41, 5.74) is 3.86. The summed E-state index contributed by atoms with van der Waals surface area (Å²) in [6, 6.07) is 13.2. The molecular formula is C23H25NO3S. The highest BCUT2D eigenvalue weighted by molar-refractivity contribution is 8.04. The van der Waals surface area contributed by atoms with Gasteiger partial charge in [-0.3, -0.25) is 9.59 Å². The van der Waals surface area contributed by atoms with Gasteiger partial charge < -0.3 is 4.74 Å². The van der Waals surface area contributed by atoms with Gasteiger partial charge >= 0.3 is 0 Å². The predicted molar refractivity (Wildman–Crippen MR) is 116 cm³/mol. The van der Waals surface area contributed by atoms with Gasteiger partial charge in [-0.05, 0) is 55.3 Å². The summed E-state index contributed by atoms with van der Waals surface area (Å²) in [5.74, 6) is 0.968. The number of imide groups is 1. The zero-order valence-electron chi connectivity index (χ0n) is 16.7. The SMILES string of the molecule is CCCOc1ccc(C2=C(SCC)C(=O)N(c3ccc(C)cc3C)C2=O)cc1. The summed E-state index contributed by atoms with van der Waals surface area (Å²) >= 11 is 1.42. The van der Waals surface area contributed by atoms with Crippen molar-refractivity contribution < 1.29 is 14.3 Å². The molecule has 0 aliphatic carbocycles. The van der Waals surface area contributed by atoms with Gasteiger partial charge in [-0.15, -0.1) is 11.8 Å². The number of aryl methyl sites for hydroxylation is 2. The van der Waals surface area contributed by atoms with Crippen molar-refractivity contribution >= 4 is 34.8 Å². The third-order valence-electron chi connectivity index (χ3n) is 4.54. The highest BCUT2D eigenvalue weighted by atomic mass is 32.2. The zero-order valence-corrected chi connectivity index (χ0v) is 17.6. The van der Waals surface area contributed by atoms with Crippen LogP contribution >= 0.6 is 11.8 Å². The van der Waals surface area contributed by atoms with Gasteiger partial charge in [-0.25, -0.2) is 4.90 Å². The number of hydrogen-bond acceptors (Lipinski definition) is 4. The number of thioether (sulfide) groups is 1. The molecule has 0 aromatic heterocycles. The molecule has 0 atom stereocenters. The van der Waals surface area contributed by atoms with Gasteiger partial charge in [0.2, 0.25) is 0 Å². The number of carbonyl (C=O) groups is 2. The minimum absolute atomic E-state index is 0.245. The molecule has 0 bridgehead atoms. The minimum atomic E-state index is -0.268. The standard InChI is InChI=1S/C23H25NO3S/c1-5-13-27-18-10-8-17(9-11-18)20-21(28-6-2)23(26)24(22(20)25)19-12-7-15(3)14-16(19)4/h7-12,14H,5-6,13H2,1-4H3.